The molecule has 1 N–H and O–H groups in total. The van der Waals surface area contributed by atoms with Crippen LogP contribution in [0.2, 0.25) is 0 Å². The number of hydrogen-bond acceptors (Lipinski definition) is 4. The highest BCUT2D eigenvalue weighted by molar-refractivity contribution is 5.93. The predicted molar refractivity (Wildman–Crippen MR) is 132 cm³/mol. The first-order valence-electron chi connectivity index (χ1n) is 12.2. The molecule has 2 aromatic rings. The summed E-state index contributed by atoms with van der Waals surface area (Å²) in [6.07, 6.45) is 2.04. The molecule has 6 nitrogen and oxygen atoms in total. The average molecular weight is 465 g/mol. The van der Waals surface area contributed by atoms with Gasteiger partial charge in [-0.15, -0.1) is 0 Å². The summed E-state index contributed by atoms with van der Waals surface area (Å²) >= 11 is 0. The van der Waals surface area contributed by atoms with E-state index in [1.165, 1.54) is 5.56 Å². The molecule has 3 unspecified atom stereocenters. The number of ether oxygens (including phenoxy) is 2. The molecule has 1 aliphatic carbocycles. The molecule has 2 amide bonds. The van der Waals surface area contributed by atoms with Gasteiger partial charge in [-0.1, -0.05) is 38.1 Å². The minimum absolute atomic E-state index is 0.0719. The number of benzene rings is 2. The van der Waals surface area contributed by atoms with E-state index in [1.807, 2.05) is 63.8 Å². The smallest absolute Gasteiger partial charge is 0.265 e. The number of amides is 2. The maximum atomic E-state index is 14.2. The van der Waals surface area contributed by atoms with Gasteiger partial charge in [0.15, 0.2) is 6.10 Å². The number of aryl methyl sites for hydroxylation is 1. The van der Waals surface area contributed by atoms with Crippen LogP contribution >= 0.6 is 0 Å². The average Bonchev–Trinajstić information content (AvgIpc) is 2.91. The molecule has 0 saturated carbocycles. The number of hydrogen-bond donors (Lipinski definition) is 1. The molecule has 3 atom stereocenters. The van der Waals surface area contributed by atoms with E-state index in [2.05, 4.69) is 17.4 Å². The number of methoxy groups -OCH3 is 1. The zero-order chi connectivity index (χ0) is 24.6. The SMILES string of the molecule is COc1ccc2c(c1)OC(C(C)C)C(=O)N(C1CCCc3ccccc31)C2C(=O)NC(C)(C)C. The molecular formula is C28H36N2O4. The van der Waals surface area contributed by atoms with Gasteiger partial charge in [-0.2, -0.15) is 0 Å². The van der Waals surface area contributed by atoms with Crippen LogP contribution in [-0.2, 0) is 16.0 Å². The Bertz CT molecular complexity index is 1070. The largest absolute Gasteiger partial charge is 0.497 e. The summed E-state index contributed by atoms with van der Waals surface area (Å²) in [5, 5.41) is 3.12. The van der Waals surface area contributed by atoms with E-state index in [0.29, 0.717) is 17.1 Å². The number of carbonyl (C=O) groups is 2. The Hall–Kier alpha value is -3.02. The van der Waals surface area contributed by atoms with Crippen LogP contribution in [0.5, 0.6) is 11.5 Å². The molecule has 182 valence electrons. The first-order valence-corrected chi connectivity index (χ1v) is 12.2. The van der Waals surface area contributed by atoms with Crippen molar-refractivity contribution < 1.29 is 19.1 Å². The molecule has 0 bridgehead atoms. The summed E-state index contributed by atoms with van der Waals surface area (Å²) in [7, 11) is 1.60. The van der Waals surface area contributed by atoms with Crippen molar-refractivity contribution in [2.75, 3.05) is 7.11 Å². The maximum Gasteiger partial charge on any atom is 0.265 e. The van der Waals surface area contributed by atoms with Gasteiger partial charge in [0.25, 0.3) is 5.91 Å². The third-order valence-corrected chi connectivity index (χ3v) is 6.57. The quantitative estimate of drug-likeness (QED) is 0.693. The summed E-state index contributed by atoms with van der Waals surface area (Å²) in [5.41, 5.74) is 2.59. The molecule has 1 heterocycles. The molecule has 4 rings (SSSR count). The van der Waals surface area contributed by atoms with E-state index in [-0.39, 0.29) is 23.8 Å². The molecule has 0 fully saturated rings. The van der Waals surface area contributed by atoms with Crippen molar-refractivity contribution in [3.63, 3.8) is 0 Å². The molecule has 1 aliphatic heterocycles. The first-order chi connectivity index (χ1) is 16.1. The number of nitrogens with zero attached hydrogens (tertiary/aromatic N) is 1. The zero-order valence-corrected chi connectivity index (χ0v) is 21.1. The number of rotatable bonds is 4. The second kappa shape index (κ2) is 9.32. The van der Waals surface area contributed by atoms with Crippen molar-refractivity contribution >= 4 is 11.8 Å². The van der Waals surface area contributed by atoms with E-state index in [1.54, 1.807) is 13.2 Å². The Labute approximate surface area is 202 Å². The second-order valence-corrected chi connectivity index (χ2v) is 10.7. The van der Waals surface area contributed by atoms with Crippen LogP contribution < -0.4 is 14.8 Å². The fourth-order valence-corrected chi connectivity index (χ4v) is 5.06. The van der Waals surface area contributed by atoms with Crippen LogP contribution in [0.1, 0.15) is 76.2 Å². The summed E-state index contributed by atoms with van der Waals surface area (Å²) in [4.78, 5) is 29.9. The summed E-state index contributed by atoms with van der Waals surface area (Å²) < 4.78 is 11.8. The number of carbonyl (C=O) groups excluding carboxylic acids is 2. The van der Waals surface area contributed by atoms with Crippen molar-refractivity contribution in [3.8, 4) is 11.5 Å². The summed E-state index contributed by atoms with van der Waals surface area (Å²) in [5.74, 6) is 0.716. The Morgan fingerprint density at radius 3 is 2.56 bits per heavy atom. The topological polar surface area (TPSA) is 67.9 Å². The van der Waals surface area contributed by atoms with Gasteiger partial charge >= 0.3 is 0 Å². The van der Waals surface area contributed by atoms with Gasteiger partial charge in [0.05, 0.1) is 13.2 Å². The fourth-order valence-electron chi connectivity index (χ4n) is 5.06. The van der Waals surface area contributed by atoms with Crippen molar-refractivity contribution in [2.24, 2.45) is 5.92 Å². The molecule has 6 heteroatoms. The highest BCUT2D eigenvalue weighted by Crippen LogP contribution is 2.45. The van der Waals surface area contributed by atoms with Crippen LogP contribution in [0.4, 0.5) is 0 Å². The second-order valence-electron chi connectivity index (χ2n) is 10.7. The summed E-state index contributed by atoms with van der Waals surface area (Å²) in [6.45, 7) is 9.81. The zero-order valence-electron chi connectivity index (χ0n) is 21.1. The predicted octanol–water partition coefficient (Wildman–Crippen LogP) is 4.97. The lowest BCUT2D eigenvalue weighted by Crippen LogP contribution is -2.52. The van der Waals surface area contributed by atoms with Gasteiger partial charge in [-0.05, 0) is 69.2 Å². The van der Waals surface area contributed by atoms with Crippen molar-refractivity contribution in [3.05, 3.63) is 59.2 Å². The number of fused-ring (bicyclic) bond motifs is 2. The Morgan fingerprint density at radius 2 is 1.88 bits per heavy atom. The molecule has 0 spiro atoms. The van der Waals surface area contributed by atoms with Gasteiger partial charge < -0.3 is 19.7 Å². The van der Waals surface area contributed by atoms with Crippen LogP contribution in [0.3, 0.4) is 0 Å². The third-order valence-electron chi connectivity index (χ3n) is 6.57. The number of nitrogens with one attached hydrogen (secondary N) is 1. The normalized spacial score (nSPS) is 22.4. The van der Waals surface area contributed by atoms with Crippen LogP contribution in [-0.4, -0.2) is 35.5 Å². The van der Waals surface area contributed by atoms with E-state index in [9.17, 15) is 9.59 Å². The summed E-state index contributed by atoms with van der Waals surface area (Å²) in [6, 6.07) is 12.7. The Morgan fingerprint density at radius 1 is 1.15 bits per heavy atom. The van der Waals surface area contributed by atoms with Gasteiger partial charge in [-0.25, -0.2) is 0 Å². The lowest BCUT2D eigenvalue weighted by molar-refractivity contribution is -0.150. The van der Waals surface area contributed by atoms with Crippen LogP contribution in [0.25, 0.3) is 0 Å². The Kier molecular flexibility index (Phi) is 6.61. The van der Waals surface area contributed by atoms with Crippen LogP contribution in [0.15, 0.2) is 42.5 Å². The highest BCUT2D eigenvalue weighted by atomic mass is 16.5. The van der Waals surface area contributed by atoms with E-state index in [0.717, 1.165) is 24.8 Å². The van der Waals surface area contributed by atoms with Crippen molar-refractivity contribution in [1.82, 2.24) is 10.2 Å². The van der Waals surface area contributed by atoms with E-state index in [4.69, 9.17) is 9.47 Å². The minimum atomic E-state index is -0.812. The van der Waals surface area contributed by atoms with E-state index < -0.39 is 17.7 Å². The molecular weight excluding hydrogens is 428 g/mol. The van der Waals surface area contributed by atoms with Gasteiger partial charge in [0.2, 0.25) is 5.91 Å². The molecule has 0 radical (unpaired) electrons. The highest BCUT2D eigenvalue weighted by Gasteiger charge is 2.46. The van der Waals surface area contributed by atoms with Crippen LogP contribution in [0, 0.1) is 5.92 Å². The first kappa shape index (κ1) is 24.1. The van der Waals surface area contributed by atoms with Gasteiger partial charge in [-0.3, -0.25) is 9.59 Å². The molecule has 0 saturated heterocycles. The monoisotopic (exact) mass is 464 g/mol. The molecule has 34 heavy (non-hydrogen) atoms. The fraction of sp³-hybridized carbons (Fsp3) is 0.500. The van der Waals surface area contributed by atoms with E-state index >= 15 is 0 Å². The molecule has 2 aliphatic rings. The van der Waals surface area contributed by atoms with Crippen molar-refractivity contribution in [2.45, 2.75) is 77.6 Å². The van der Waals surface area contributed by atoms with Crippen molar-refractivity contribution in [1.29, 1.82) is 0 Å². The molecule has 2 aromatic carbocycles. The maximum absolute atomic E-state index is 14.2. The van der Waals surface area contributed by atoms with Gasteiger partial charge in [0, 0.05) is 17.2 Å². The standard InChI is InChI=1S/C28H36N2O4/c1-17(2)25-27(32)30(22-13-9-11-18-10-7-8-12-20(18)22)24(26(31)29-28(3,4)5)21-15-14-19(33-6)16-23(21)34-25/h7-8,10,12,14-17,22,24-25H,9,11,13H2,1-6H3,(H,29,31). The lowest BCUT2D eigenvalue weighted by atomic mass is 9.85. The van der Waals surface area contributed by atoms with Gasteiger partial charge in [0.1, 0.15) is 17.5 Å². The Balaban J connectivity index is 1.92. The molecule has 0 aromatic heterocycles. The third kappa shape index (κ3) is 4.63. The minimum Gasteiger partial charge on any atom is -0.497 e. The lowest BCUT2D eigenvalue weighted by Gasteiger charge is -2.41.